The highest BCUT2D eigenvalue weighted by molar-refractivity contribution is 7.89. The molecule has 1 aromatic carbocycles. The second kappa shape index (κ2) is 7.04. The van der Waals surface area contributed by atoms with E-state index < -0.39 is 10.0 Å². The Morgan fingerprint density at radius 3 is 2.64 bits per heavy atom. The predicted molar refractivity (Wildman–Crippen MR) is 87.8 cm³/mol. The number of hydrogen-bond acceptors (Lipinski definition) is 4. The van der Waals surface area contributed by atoms with E-state index in [1.165, 1.54) is 11.3 Å². The summed E-state index contributed by atoms with van der Waals surface area (Å²) in [5.74, 6) is -0.202. The SMILES string of the molecule is Cc1ccc(C)c(S(=O)(=O)NCCNC(=O)c2ccsc2)c1. The Bertz CT molecular complexity index is 753. The van der Waals surface area contributed by atoms with Gasteiger partial charge in [0.1, 0.15) is 0 Å². The predicted octanol–water partition coefficient (Wildman–Crippen LogP) is 2.07. The molecule has 1 aromatic heterocycles. The van der Waals surface area contributed by atoms with Gasteiger partial charge < -0.3 is 5.32 Å². The average Bonchev–Trinajstić information content (AvgIpc) is 3.00. The van der Waals surface area contributed by atoms with E-state index in [9.17, 15) is 13.2 Å². The van der Waals surface area contributed by atoms with Gasteiger partial charge in [-0.1, -0.05) is 12.1 Å². The van der Waals surface area contributed by atoms with Crippen LogP contribution in [0.15, 0.2) is 39.9 Å². The smallest absolute Gasteiger partial charge is 0.252 e. The first-order valence-corrected chi connectivity index (χ1v) is 9.20. The quantitative estimate of drug-likeness (QED) is 0.792. The zero-order valence-electron chi connectivity index (χ0n) is 12.4. The summed E-state index contributed by atoms with van der Waals surface area (Å²) in [5, 5.41) is 6.24. The van der Waals surface area contributed by atoms with Crippen molar-refractivity contribution in [3.63, 3.8) is 0 Å². The van der Waals surface area contributed by atoms with Gasteiger partial charge in [0, 0.05) is 24.0 Å². The highest BCUT2D eigenvalue weighted by Gasteiger charge is 2.16. The molecule has 0 aliphatic rings. The van der Waals surface area contributed by atoms with Gasteiger partial charge in [-0.25, -0.2) is 13.1 Å². The lowest BCUT2D eigenvalue weighted by Gasteiger charge is -2.10. The van der Waals surface area contributed by atoms with E-state index in [-0.39, 0.29) is 23.9 Å². The summed E-state index contributed by atoms with van der Waals surface area (Å²) in [6, 6.07) is 7.01. The van der Waals surface area contributed by atoms with Crippen molar-refractivity contribution >= 4 is 27.3 Å². The van der Waals surface area contributed by atoms with Crippen LogP contribution < -0.4 is 10.0 Å². The van der Waals surface area contributed by atoms with Crippen molar-refractivity contribution < 1.29 is 13.2 Å². The molecular weight excluding hydrogens is 320 g/mol. The molecule has 2 N–H and O–H groups in total. The van der Waals surface area contributed by atoms with Crippen LogP contribution in [0.2, 0.25) is 0 Å². The molecule has 2 aromatic rings. The third-order valence-corrected chi connectivity index (χ3v) is 5.41. The van der Waals surface area contributed by atoms with Crippen molar-refractivity contribution in [3.05, 3.63) is 51.7 Å². The lowest BCUT2D eigenvalue weighted by Crippen LogP contribution is -2.34. The molecule has 5 nitrogen and oxygen atoms in total. The first-order chi connectivity index (χ1) is 10.4. The number of sulfonamides is 1. The van der Waals surface area contributed by atoms with Crippen LogP contribution in [0.4, 0.5) is 0 Å². The maximum absolute atomic E-state index is 12.3. The Hall–Kier alpha value is -1.70. The van der Waals surface area contributed by atoms with Gasteiger partial charge in [-0.3, -0.25) is 4.79 Å². The van der Waals surface area contributed by atoms with E-state index in [1.807, 2.05) is 18.4 Å². The minimum atomic E-state index is -3.56. The molecule has 2 rings (SSSR count). The summed E-state index contributed by atoms with van der Waals surface area (Å²) in [6.45, 7) is 3.98. The van der Waals surface area contributed by atoms with Crippen LogP contribution in [0.3, 0.4) is 0 Å². The number of hydrogen-bond donors (Lipinski definition) is 2. The van der Waals surface area contributed by atoms with Crippen LogP contribution in [-0.2, 0) is 10.0 Å². The zero-order chi connectivity index (χ0) is 16.2. The molecule has 0 radical (unpaired) electrons. The topological polar surface area (TPSA) is 75.3 Å². The van der Waals surface area contributed by atoms with E-state index in [1.54, 1.807) is 30.5 Å². The molecular formula is C15H18N2O3S2. The monoisotopic (exact) mass is 338 g/mol. The van der Waals surface area contributed by atoms with E-state index in [0.29, 0.717) is 11.1 Å². The molecule has 0 unspecified atom stereocenters. The van der Waals surface area contributed by atoms with Crippen molar-refractivity contribution in [3.8, 4) is 0 Å². The van der Waals surface area contributed by atoms with E-state index in [2.05, 4.69) is 10.0 Å². The normalized spacial score (nSPS) is 11.4. The summed E-state index contributed by atoms with van der Waals surface area (Å²) in [6.07, 6.45) is 0. The standard InChI is InChI=1S/C15H18N2O3S2/c1-11-3-4-12(2)14(9-11)22(19,20)17-7-6-16-15(18)13-5-8-21-10-13/h3-5,8-10,17H,6-7H2,1-2H3,(H,16,18). The third kappa shape index (κ3) is 4.16. The van der Waals surface area contributed by atoms with Crippen LogP contribution in [0.25, 0.3) is 0 Å². The lowest BCUT2D eigenvalue weighted by atomic mass is 10.2. The van der Waals surface area contributed by atoms with Crippen LogP contribution in [0.1, 0.15) is 21.5 Å². The van der Waals surface area contributed by atoms with Gasteiger partial charge in [0.05, 0.1) is 4.90 Å². The number of nitrogens with one attached hydrogen (secondary N) is 2. The summed E-state index contributed by atoms with van der Waals surface area (Å²) in [4.78, 5) is 12.0. The van der Waals surface area contributed by atoms with E-state index >= 15 is 0 Å². The molecule has 0 spiro atoms. The molecule has 1 amide bonds. The van der Waals surface area contributed by atoms with Crippen LogP contribution >= 0.6 is 11.3 Å². The van der Waals surface area contributed by atoms with Crippen molar-refractivity contribution in [1.29, 1.82) is 0 Å². The number of carbonyl (C=O) groups is 1. The number of benzene rings is 1. The zero-order valence-corrected chi connectivity index (χ0v) is 14.1. The molecule has 1 heterocycles. The Morgan fingerprint density at radius 2 is 1.95 bits per heavy atom. The van der Waals surface area contributed by atoms with Crippen molar-refractivity contribution in [2.45, 2.75) is 18.7 Å². The van der Waals surface area contributed by atoms with Gasteiger partial charge >= 0.3 is 0 Å². The Balaban J connectivity index is 1.90. The fourth-order valence-corrected chi connectivity index (χ4v) is 3.93. The van der Waals surface area contributed by atoms with Gasteiger partial charge in [0.25, 0.3) is 5.91 Å². The molecule has 7 heteroatoms. The molecule has 0 bridgehead atoms. The minimum Gasteiger partial charge on any atom is -0.351 e. The fraction of sp³-hybridized carbons (Fsp3) is 0.267. The molecule has 0 aliphatic carbocycles. The minimum absolute atomic E-state index is 0.144. The maximum atomic E-state index is 12.3. The fourth-order valence-electron chi connectivity index (χ4n) is 1.93. The second-order valence-corrected chi connectivity index (χ2v) is 7.45. The van der Waals surface area contributed by atoms with E-state index in [0.717, 1.165) is 5.56 Å². The van der Waals surface area contributed by atoms with Crippen LogP contribution in [0, 0.1) is 13.8 Å². The largest absolute Gasteiger partial charge is 0.351 e. The Kier molecular flexibility index (Phi) is 5.33. The summed E-state index contributed by atoms with van der Waals surface area (Å²) in [7, 11) is -3.56. The number of amides is 1. The number of thiophene rings is 1. The van der Waals surface area contributed by atoms with Gasteiger partial charge in [0.2, 0.25) is 10.0 Å². The molecule has 0 saturated carbocycles. The maximum Gasteiger partial charge on any atom is 0.252 e. The highest BCUT2D eigenvalue weighted by atomic mass is 32.2. The highest BCUT2D eigenvalue weighted by Crippen LogP contribution is 2.16. The lowest BCUT2D eigenvalue weighted by molar-refractivity contribution is 0.0955. The molecule has 118 valence electrons. The van der Waals surface area contributed by atoms with Gasteiger partial charge in [0.15, 0.2) is 0 Å². The van der Waals surface area contributed by atoms with Crippen molar-refractivity contribution in [1.82, 2.24) is 10.0 Å². The second-order valence-electron chi connectivity index (χ2n) is 4.93. The summed E-state index contributed by atoms with van der Waals surface area (Å²) < 4.78 is 27.0. The molecule has 0 aliphatic heterocycles. The first-order valence-electron chi connectivity index (χ1n) is 6.77. The Labute approximate surface area is 134 Å². The van der Waals surface area contributed by atoms with Crippen LogP contribution in [-0.4, -0.2) is 27.4 Å². The van der Waals surface area contributed by atoms with Crippen molar-refractivity contribution in [2.24, 2.45) is 0 Å². The van der Waals surface area contributed by atoms with Gasteiger partial charge in [-0.2, -0.15) is 11.3 Å². The van der Waals surface area contributed by atoms with Gasteiger partial charge in [-0.15, -0.1) is 0 Å². The first kappa shape index (κ1) is 16.7. The van der Waals surface area contributed by atoms with Crippen molar-refractivity contribution in [2.75, 3.05) is 13.1 Å². The van der Waals surface area contributed by atoms with Crippen LogP contribution in [0.5, 0.6) is 0 Å². The number of aryl methyl sites for hydroxylation is 2. The third-order valence-electron chi connectivity index (χ3n) is 3.12. The van der Waals surface area contributed by atoms with E-state index in [4.69, 9.17) is 0 Å². The summed E-state index contributed by atoms with van der Waals surface area (Å²) >= 11 is 1.44. The molecule has 0 atom stereocenters. The molecule has 22 heavy (non-hydrogen) atoms. The number of rotatable bonds is 6. The average molecular weight is 338 g/mol. The summed E-state index contributed by atoms with van der Waals surface area (Å²) in [5.41, 5.74) is 2.17. The Morgan fingerprint density at radius 1 is 1.18 bits per heavy atom. The number of carbonyl (C=O) groups excluding carboxylic acids is 1. The molecule has 0 fully saturated rings. The van der Waals surface area contributed by atoms with Gasteiger partial charge in [-0.05, 0) is 42.5 Å². The molecule has 0 saturated heterocycles.